The van der Waals surface area contributed by atoms with E-state index in [1.54, 1.807) is 16.0 Å². The standard InChI is InChI=1S/C24H32N6O4S.C20H27N5O3S/c1-23(2,3)33-21(31)29-11-7-8-15(14-29)19-27-28-20(35-19)26-17-9-10-18-16(12-17)13-25-30(18)22(32)34-24(4,5)6;1-20(2,3)28-19(27)25-8-4-5-14(12-25)17(26)23-24-18(29)22-16-7-6-13-10-21-11-15(13)9-16/h9-10,12-13,15H,7-8,11,14H2,1-6H3,(H,26,28);6-7,9,11,14H,4-5,8,10,12H2,1-3H3,(H,23,26)(H2,22,24,29). The first kappa shape index (κ1) is 47.6. The van der Waals surface area contributed by atoms with E-state index in [0.29, 0.717) is 49.8 Å². The number of amides is 3. The molecular weight excluding hydrogens is 859 g/mol. The lowest BCUT2D eigenvalue weighted by Gasteiger charge is -2.33. The number of thiocarbonyl (C=S) groups is 1. The molecular formula is C44H59N11O7S2. The van der Waals surface area contributed by atoms with E-state index in [2.05, 4.69) is 41.8 Å². The number of ether oxygens (including phenoxy) is 3. The predicted octanol–water partition coefficient (Wildman–Crippen LogP) is 8.11. The number of anilines is 3. The van der Waals surface area contributed by atoms with Gasteiger partial charge < -0.3 is 34.6 Å². The zero-order chi connectivity index (χ0) is 46.4. The summed E-state index contributed by atoms with van der Waals surface area (Å²) in [6.07, 6.45) is 5.56. The molecule has 2 unspecified atom stereocenters. The van der Waals surface area contributed by atoms with Crippen molar-refractivity contribution in [3.8, 4) is 0 Å². The van der Waals surface area contributed by atoms with Crippen LogP contribution in [0.3, 0.4) is 0 Å². The Kier molecular flexibility index (Phi) is 14.8. The number of nitrogens with one attached hydrogen (secondary N) is 4. The van der Waals surface area contributed by atoms with Gasteiger partial charge in [-0.15, -0.1) is 10.2 Å². The van der Waals surface area contributed by atoms with Crippen molar-refractivity contribution in [2.24, 2.45) is 10.9 Å². The summed E-state index contributed by atoms with van der Waals surface area (Å²) in [5.41, 5.74) is 8.20. The molecule has 0 saturated carbocycles. The highest BCUT2D eigenvalue weighted by atomic mass is 32.1. The molecule has 344 valence electrons. The maximum absolute atomic E-state index is 12.5. The van der Waals surface area contributed by atoms with E-state index in [9.17, 15) is 19.2 Å². The highest BCUT2D eigenvalue weighted by molar-refractivity contribution is 7.80. The van der Waals surface area contributed by atoms with Crippen LogP contribution in [0, 0.1) is 5.92 Å². The number of nitrogens with zero attached hydrogens (tertiary/aromatic N) is 7. The fraction of sp³-hybridized carbons (Fsp3) is 0.523. The summed E-state index contributed by atoms with van der Waals surface area (Å²) in [6.45, 7) is 19.4. The van der Waals surface area contributed by atoms with Gasteiger partial charge in [-0.1, -0.05) is 17.4 Å². The second-order valence-electron chi connectivity index (χ2n) is 18.9. The van der Waals surface area contributed by atoms with Crippen molar-refractivity contribution in [2.45, 2.75) is 117 Å². The van der Waals surface area contributed by atoms with Gasteiger partial charge in [-0.05, 0) is 142 Å². The van der Waals surface area contributed by atoms with Gasteiger partial charge in [-0.25, -0.2) is 14.4 Å². The van der Waals surface area contributed by atoms with E-state index in [0.717, 1.165) is 46.6 Å². The number of carbonyl (C=O) groups excluding carboxylic acids is 4. The molecule has 3 aliphatic heterocycles. The van der Waals surface area contributed by atoms with E-state index in [1.165, 1.54) is 21.6 Å². The fourth-order valence-electron chi connectivity index (χ4n) is 7.05. The maximum Gasteiger partial charge on any atom is 0.435 e. The van der Waals surface area contributed by atoms with E-state index < -0.39 is 22.9 Å². The minimum absolute atomic E-state index is 0.124. The lowest BCUT2D eigenvalue weighted by atomic mass is 9.98. The number of hydrogen-bond acceptors (Lipinski definition) is 14. The first-order chi connectivity index (χ1) is 30.1. The zero-order valence-corrected chi connectivity index (χ0v) is 39.6. The molecule has 18 nitrogen and oxygen atoms in total. The van der Waals surface area contributed by atoms with Crippen LogP contribution in [0.2, 0.25) is 0 Å². The third-order valence-corrected chi connectivity index (χ3v) is 11.1. The highest BCUT2D eigenvalue weighted by Gasteiger charge is 2.32. The van der Waals surface area contributed by atoms with Crippen LogP contribution in [0.15, 0.2) is 47.6 Å². The van der Waals surface area contributed by atoms with Crippen LogP contribution >= 0.6 is 23.6 Å². The summed E-state index contributed by atoms with van der Waals surface area (Å²) in [6, 6.07) is 11.5. The number of benzene rings is 2. The number of fused-ring (bicyclic) bond motifs is 2. The SMILES string of the molecule is CC(C)(C)OC(=O)N1CCCC(C(=O)NNC(=S)Nc2ccc3c(c2)C=NC3)C1.CC(C)(C)OC(=O)N1CCCC(c2nnc(Nc3ccc4c(cnn4C(=O)OC(C)(C)C)c3)s2)C1. The van der Waals surface area contributed by atoms with Crippen molar-refractivity contribution in [3.05, 3.63) is 58.7 Å². The van der Waals surface area contributed by atoms with E-state index in [-0.39, 0.29) is 35.0 Å². The van der Waals surface area contributed by atoms with E-state index >= 15 is 0 Å². The molecule has 20 heteroatoms. The number of carbonyl (C=O) groups is 4. The lowest BCUT2D eigenvalue weighted by molar-refractivity contribution is -0.127. The third-order valence-electron chi connectivity index (χ3n) is 9.89. The monoisotopic (exact) mass is 917 g/mol. The molecule has 2 fully saturated rings. The molecule has 4 aromatic rings. The zero-order valence-electron chi connectivity index (χ0n) is 37.9. The van der Waals surface area contributed by atoms with Gasteiger partial charge in [-0.3, -0.25) is 20.6 Å². The van der Waals surface area contributed by atoms with Gasteiger partial charge in [-0.2, -0.15) is 9.78 Å². The molecule has 0 spiro atoms. The maximum atomic E-state index is 12.5. The van der Waals surface area contributed by atoms with Gasteiger partial charge in [0.1, 0.15) is 21.8 Å². The molecule has 64 heavy (non-hydrogen) atoms. The Morgan fingerprint density at radius 3 is 2.09 bits per heavy atom. The number of likely N-dealkylation sites (tertiary alicyclic amines) is 2. The van der Waals surface area contributed by atoms with Crippen molar-refractivity contribution in [1.82, 2.24) is 40.6 Å². The molecule has 2 saturated heterocycles. The van der Waals surface area contributed by atoms with Crippen LogP contribution in [0.1, 0.15) is 110 Å². The van der Waals surface area contributed by atoms with Gasteiger partial charge in [0.15, 0.2) is 5.11 Å². The topological polar surface area (TPSA) is 207 Å². The molecule has 2 atom stereocenters. The predicted molar refractivity (Wildman–Crippen MR) is 250 cm³/mol. The molecule has 3 aliphatic rings. The van der Waals surface area contributed by atoms with Gasteiger partial charge in [0, 0.05) is 55.1 Å². The number of aliphatic imine (C=N–C) groups is 1. The third kappa shape index (κ3) is 13.6. The first-order valence-electron chi connectivity index (χ1n) is 21.4. The molecule has 0 aliphatic carbocycles. The van der Waals surface area contributed by atoms with Crippen molar-refractivity contribution < 1.29 is 33.4 Å². The Labute approximate surface area is 382 Å². The van der Waals surface area contributed by atoms with Crippen molar-refractivity contribution in [3.63, 3.8) is 0 Å². The summed E-state index contributed by atoms with van der Waals surface area (Å²) < 4.78 is 17.6. The summed E-state index contributed by atoms with van der Waals surface area (Å²) in [5, 5.41) is 21.8. The summed E-state index contributed by atoms with van der Waals surface area (Å²) >= 11 is 6.73. The Bertz CT molecular complexity index is 2380. The minimum atomic E-state index is -0.603. The molecule has 2 aromatic heterocycles. The highest BCUT2D eigenvalue weighted by Crippen LogP contribution is 2.33. The van der Waals surface area contributed by atoms with Crippen LogP contribution in [-0.4, -0.2) is 108 Å². The number of piperidine rings is 2. The average molecular weight is 918 g/mol. The quantitative estimate of drug-likeness (QED) is 0.0848. The molecule has 5 heterocycles. The smallest absolute Gasteiger partial charge is 0.435 e. The van der Waals surface area contributed by atoms with Crippen molar-refractivity contribution in [2.75, 3.05) is 36.8 Å². The van der Waals surface area contributed by atoms with Crippen LogP contribution in [0.25, 0.3) is 10.9 Å². The molecule has 0 bridgehead atoms. The van der Waals surface area contributed by atoms with Gasteiger partial charge in [0.2, 0.25) is 11.0 Å². The van der Waals surface area contributed by atoms with Gasteiger partial charge >= 0.3 is 18.3 Å². The second kappa shape index (κ2) is 19.9. The number of rotatable bonds is 5. The van der Waals surface area contributed by atoms with Crippen LogP contribution in [-0.2, 0) is 25.5 Å². The fourth-order valence-corrected chi connectivity index (χ4v) is 8.11. The molecule has 0 radical (unpaired) electrons. The number of hydrogen-bond donors (Lipinski definition) is 4. The van der Waals surface area contributed by atoms with Crippen LogP contribution < -0.4 is 21.5 Å². The first-order valence-corrected chi connectivity index (χ1v) is 22.6. The van der Waals surface area contributed by atoms with E-state index in [1.807, 2.05) is 105 Å². The largest absolute Gasteiger partial charge is 0.444 e. The van der Waals surface area contributed by atoms with Gasteiger partial charge in [0.25, 0.3) is 0 Å². The second-order valence-corrected chi connectivity index (χ2v) is 20.3. The Hall–Kier alpha value is -5.89. The average Bonchev–Trinajstić information content (AvgIpc) is 3.99. The summed E-state index contributed by atoms with van der Waals surface area (Å²) in [5.74, 6) is -0.398. The minimum Gasteiger partial charge on any atom is -0.444 e. The van der Waals surface area contributed by atoms with Crippen LogP contribution in [0.5, 0.6) is 0 Å². The lowest BCUT2D eigenvalue weighted by Crippen LogP contribution is -2.51. The van der Waals surface area contributed by atoms with E-state index in [4.69, 9.17) is 26.4 Å². The summed E-state index contributed by atoms with van der Waals surface area (Å²) in [7, 11) is 0. The Balaban J connectivity index is 0.000000216. The normalized spacial score (nSPS) is 17.4. The molecule has 4 N–H and O–H groups in total. The molecule has 7 rings (SSSR count). The van der Waals surface area contributed by atoms with Crippen molar-refractivity contribution in [1.29, 1.82) is 0 Å². The van der Waals surface area contributed by atoms with Crippen LogP contribution in [0.4, 0.5) is 30.9 Å². The Morgan fingerprint density at radius 1 is 0.766 bits per heavy atom. The number of aromatic nitrogens is 4. The molecule has 2 aromatic carbocycles. The Morgan fingerprint density at radius 2 is 1.41 bits per heavy atom. The van der Waals surface area contributed by atoms with Gasteiger partial charge in [0.05, 0.1) is 24.2 Å². The number of hydrazine groups is 1. The summed E-state index contributed by atoms with van der Waals surface area (Å²) in [4.78, 5) is 57.2. The molecule has 3 amide bonds. The van der Waals surface area contributed by atoms with Crippen molar-refractivity contribution >= 4 is 86.5 Å².